The van der Waals surface area contributed by atoms with Crippen LogP contribution in [-0.2, 0) is 9.53 Å². The van der Waals surface area contributed by atoms with Crippen molar-refractivity contribution in [3.8, 4) is 11.5 Å². The molecule has 1 unspecified atom stereocenters. The Morgan fingerprint density at radius 3 is 2.63 bits per heavy atom. The number of ketones is 1. The molecule has 2 aromatic rings. The zero-order valence-electron chi connectivity index (χ0n) is 22.5. The second-order valence-corrected chi connectivity index (χ2v) is 10.9. The normalized spacial score (nSPS) is 18.5. The van der Waals surface area contributed by atoms with E-state index in [1.807, 2.05) is 30.5 Å². The highest BCUT2D eigenvalue weighted by Crippen LogP contribution is 2.42. The van der Waals surface area contributed by atoms with Crippen LogP contribution in [0.25, 0.3) is 0 Å². The molecule has 1 fully saturated rings. The molecule has 1 atom stereocenters. The minimum absolute atomic E-state index is 0.111. The SMILES string of the molecule is CCOc1cc(C2C(C(=O)c3cccs3)=C(O)C(=O)N2CCCN2CCOCC2)ccc1OCCC(C)C. The maximum absolute atomic E-state index is 13.5. The van der Waals surface area contributed by atoms with Crippen LogP contribution in [-0.4, -0.2) is 79.2 Å². The molecule has 2 aliphatic rings. The molecule has 3 heterocycles. The van der Waals surface area contributed by atoms with Gasteiger partial charge in [0.05, 0.1) is 42.9 Å². The first kappa shape index (κ1) is 28.1. The third kappa shape index (κ3) is 6.57. The van der Waals surface area contributed by atoms with Crippen LogP contribution in [0.5, 0.6) is 11.5 Å². The van der Waals surface area contributed by atoms with Gasteiger partial charge in [-0.1, -0.05) is 26.0 Å². The summed E-state index contributed by atoms with van der Waals surface area (Å²) >= 11 is 1.29. The lowest BCUT2D eigenvalue weighted by Crippen LogP contribution is -2.39. The van der Waals surface area contributed by atoms with Crippen molar-refractivity contribution in [1.29, 1.82) is 0 Å². The summed E-state index contributed by atoms with van der Waals surface area (Å²) in [5, 5.41) is 12.8. The third-order valence-electron chi connectivity index (χ3n) is 6.81. The van der Waals surface area contributed by atoms with Crippen LogP contribution in [0.2, 0.25) is 0 Å². The standard InChI is InChI=1S/C29H38N2O6S/c1-4-36-23-19-21(8-9-22(23)37-15-10-20(2)3)26-25(27(32)24-7-5-18-38-24)28(33)29(34)31(26)12-6-11-30-13-16-35-17-14-30/h5,7-9,18-20,26,33H,4,6,10-17H2,1-3H3. The number of aliphatic hydroxyl groups is 1. The summed E-state index contributed by atoms with van der Waals surface area (Å²) in [6, 6.07) is 8.32. The monoisotopic (exact) mass is 542 g/mol. The van der Waals surface area contributed by atoms with E-state index in [1.54, 1.807) is 17.0 Å². The predicted octanol–water partition coefficient (Wildman–Crippen LogP) is 4.87. The highest BCUT2D eigenvalue weighted by atomic mass is 32.1. The molecule has 1 aromatic heterocycles. The highest BCUT2D eigenvalue weighted by molar-refractivity contribution is 7.12. The Morgan fingerprint density at radius 2 is 1.95 bits per heavy atom. The van der Waals surface area contributed by atoms with E-state index in [-0.39, 0.29) is 11.4 Å². The van der Waals surface area contributed by atoms with Crippen LogP contribution in [0.15, 0.2) is 47.0 Å². The summed E-state index contributed by atoms with van der Waals surface area (Å²) in [7, 11) is 0. The van der Waals surface area contributed by atoms with Crippen molar-refractivity contribution in [2.75, 3.05) is 52.6 Å². The Bertz CT molecular complexity index is 1120. The fraction of sp³-hybridized carbons (Fsp3) is 0.517. The van der Waals surface area contributed by atoms with E-state index >= 15 is 0 Å². The number of hydrogen-bond donors (Lipinski definition) is 1. The molecule has 0 radical (unpaired) electrons. The Hall–Kier alpha value is -2.88. The van der Waals surface area contributed by atoms with Crippen LogP contribution >= 0.6 is 11.3 Å². The second kappa shape index (κ2) is 13.3. The molecule has 0 spiro atoms. The number of ether oxygens (including phenoxy) is 3. The van der Waals surface area contributed by atoms with Gasteiger partial charge in [-0.15, -0.1) is 11.3 Å². The predicted molar refractivity (Wildman–Crippen MR) is 147 cm³/mol. The van der Waals surface area contributed by atoms with Gasteiger partial charge in [0, 0.05) is 26.2 Å². The number of benzene rings is 1. The molecular formula is C29H38N2O6S. The van der Waals surface area contributed by atoms with Gasteiger partial charge in [0.1, 0.15) is 0 Å². The molecule has 4 rings (SSSR count). The molecule has 206 valence electrons. The van der Waals surface area contributed by atoms with Gasteiger partial charge in [-0.25, -0.2) is 0 Å². The number of thiophene rings is 1. The van der Waals surface area contributed by atoms with E-state index in [4.69, 9.17) is 14.2 Å². The smallest absolute Gasteiger partial charge is 0.290 e. The van der Waals surface area contributed by atoms with Crippen molar-refractivity contribution in [3.63, 3.8) is 0 Å². The lowest BCUT2D eigenvalue weighted by Gasteiger charge is -2.30. The van der Waals surface area contributed by atoms with Crippen molar-refractivity contribution in [2.24, 2.45) is 5.92 Å². The lowest BCUT2D eigenvalue weighted by atomic mass is 9.95. The quantitative estimate of drug-likeness (QED) is 0.361. The molecule has 38 heavy (non-hydrogen) atoms. The maximum atomic E-state index is 13.5. The summed E-state index contributed by atoms with van der Waals surface area (Å²) in [4.78, 5) is 31.3. The molecule has 1 aromatic carbocycles. The Kier molecular flexibility index (Phi) is 9.82. The average molecular weight is 543 g/mol. The van der Waals surface area contributed by atoms with E-state index in [1.165, 1.54) is 11.3 Å². The van der Waals surface area contributed by atoms with Crippen LogP contribution in [0.1, 0.15) is 54.9 Å². The van der Waals surface area contributed by atoms with Crippen molar-refractivity contribution >= 4 is 23.0 Å². The van der Waals surface area contributed by atoms with Crippen molar-refractivity contribution in [3.05, 3.63) is 57.5 Å². The van der Waals surface area contributed by atoms with E-state index in [0.29, 0.717) is 67.3 Å². The van der Waals surface area contributed by atoms with Gasteiger partial charge >= 0.3 is 0 Å². The Morgan fingerprint density at radius 1 is 1.16 bits per heavy atom. The third-order valence-corrected chi connectivity index (χ3v) is 7.68. The minimum Gasteiger partial charge on any atom is -0.503 e. The van der Waals surface area contributed by atoms with Gasteiger partial charge < -0.3 is 24.2 Å². The summed E-state index contributed by atoms with van der Waals surface area (Å²) in [5.74, 6) is 0.366. The summed E-state index contributed by atoms with van der Waals surface area (Å²) < 4.78 is 17.3. The Balaban J connectivity index is 1.63. The molecule has 8 nitrogen and oxygen atoms in total. The molecule has 0 aliphatic carbocycles. The van der Waals surface area contributed by atoms with Gasteiger partial charge in [-0.3, -0.25) is 14.5 Å². The molecule has 1 N–H and O–H groups in total. The highest BCUT2D eigenvalue weighted by Gasteiger charge is 2.44. The van der Waals surface area contributed by atoms with Gasteiger partial charge in [0.2, 0.25) is 5.78 Å². The Labute approximate surface area is 228 Å². The van der Waals surface area contributed by atoms with Crippen LogP contribution in [0, 0.1) is 5.92 Å². The number of nitrogens with zero attached hydrogens (tertiary/aromatic N) is 2. The fourth-order valence-corrected chi connectivity index (χ4v) is 5.46. The molecule has 2 aliphatic heterocycles. The first-order chi connectivity index (χ1) is 18.4. The number of morpholine rings is 1. The minimum atomic E-state index is -0.717. The van der Waals surface area contributed by atoms with Gasteiger partial charge in [-0.2, -0.15) is 0 Å². The zero-order chi connectivity index (χ0) is 27.1. The topological polar surface area (TPSA) is 88.5 Å². The zero-order valence-corrected chi connectivity index (χ0v) is 23.3. The maximum Gasteiger partial charge on any atom is 0.290 e. The number of rotatable bonds is 13. The first-order valence-corrected chi connectivity index (χ1v) is 14.3. The van der Waals surface area contributed by atoms with E-state index in [9.17, 15) is 14.7 Å². The van der Waals surface area contributed by atoms with Gasteiger partial charge in [0.25, 0.3) is 5.91 Å². The summed E-state index contributed by atoms with van der Waals surface area (Å²) in [5.41, 5.74) is 0.813. The number of carbonyl (C=O) groups is 2. The number of amides is 1. The van der Waals surface area contributed by atoms with Crippen molar-refractivity contribution in [1.82, 2.24) is 9.80 Å². The van der Waals surface area contributed by atoms with Crippen molar-refractivity contribution < 1.29 is 28.9 Å². The van der Waals surface area contributed by atoms with E-state index in [2.05, 4.69) is 18.7 Å². The number of hydrogen-bond acceptors (Lipinski definition) is 8. The van der Waals surface area contributed by atoms with Crippen LogP contribution in [0.4, 0.5) is 0 Å². The fourth-order valence-electron chi connectivity index (χ4n) is 4.78. The number of aliphatic hydroxyl groups excluding tert-OH is 1. The van der Waals surface area contributed by atoms with E-state index < -0.39 is 17.7 Å². The van der Waals surface area contributed by atoms with Gasteiger partial charge in [-0.05, 0) is 54.8 Å². The molecular weight excluding hydrogens is 504 g/mol. The summed E-state index contributed by atoms with van der Waals surface area (Å²) in [6.45, 7) is 11.5. The number of Topliss-reactive ketones (excluding diaryl/α,β-unsaturated/α-hetero) is 1. The molecule has 9 heteroatoms. The summed E-state index contributed by atoms with van der Waals surface area (Å²) in [6.07, 6.45) is 1.63. The second-order valence-electron chi connectivity index (χ2n) is 9.95. The van der Waals surface area contributed by atoms with Gasteiger partial charge in [0.15, 0.2) is 17.3 Å². The molecule has 0 bridgehead atoms. The average Bonchev–Trinajstić information content (AvgIpc) is 3.53. The van der Waals surface area contributed by atoms with Crippen molar-refractivity contribution in [2.45, 2.75) is 39.7 Å². The molecule has 0 saturated carbocycles. The van der Waals surface area contributed by atoms with E-state index in [0.717, 1.165) is 26.1 Å². The van der Waals surface area contributed by atoms with Crippen LogP contribution in [0.3, 0.4) is 0 Å². The van der Waals surface area contributed by atoms with Crippen LogP contribution < -0.4 is 9.47 Å². The lowest BCUT2D eigenvalue weighted by molar-refractivity contribution is -0.129. The largest absolute Gasteiger partial charge is 0.503 e. The molecule has 1 saturated heterocycles. The first-order valence-electron chi connectivity index (χ1n) is 13.4. The number of carbonyl (C=O) groups excluding carboxylic acids is 2. The molecule has 1 amide bonds.